The number of rotatable bonds is 7. The first-order valence-electron chi connectivity index (χ1n) is 10.1. The van der Waals surface area contributed by atoms with Gasteiger partial charge in [-0.2, -0.15) is 0 Å². The summed E-state index contributed by atoms with van der Waals surface area (Å²) in [7, 11) is 0. The van der Waals surface area contributed by atoms with Crippen molar-refractivity contribution in [1.82, 2.24) is 9.55 Å². The smallest absolute Gasteiger partial charge is 0.310 e. The standard InChI is InChI=1S/C22H30N2O3/c1-17-23-12-14-24(17)13-7-15-27-21(25)16-19-10-6-11-20(22(19)26)18-8-4-2-3-5-9-18/h6,10-12,14,18,26H,2-5,7-9,13,15-16H2,1H3. The Balaban J connectivity index is 1.51. The van der Waals surface area contributed by atoms with E-state index in [4.69, 9.17) is 4.74 Å². The number of aromatic hydroxyl groups is 1. The van der Waals surface area contributed by atoms with E-state index in [1.165, 1.54) is 25.7 Å². The Morgan fingerprint density at radius 3 is 2.74 bits per heavy atom. The number of hydrogen-bond acceptors (Lipinski definition) is 4. The molecule has 0 unspecified atom stereocenters. The molecular weight excluding hydrogens is 340 g/mol. The number of ether oxygens (including phenoxy) is 1. The van der Waals surface area contributed by atoms with Crippen LogP contribution in [0.4, 0.5) is 0 Å². The number of carbonyl (C=O) groups is 1. The van der Waals surface area contributed by atoms with Crippen LogP contribution in [-0.4, -0.2) is 27.2 Å². The lowest BCUT2D eigenvalue weighted by Crippen LogP contribution is -2.11. The minimum atomic E-state index is -0.286. The van der Waals surface area contributed by atoms with E-state index in [9.17, 15) is 9.90 Å². The molecule has 0 radical (unpaired) electrons. The highest BCUT2D eigenvalue weighted by atomic mass is 16.5. The van der Waals surface area contributed by atoms with Gasteiger partial charge in [0.1, 0.15) is 11.6 Å². The fourth-order valence-electron chi connectivity index (χ4n) is 3.94. The average molecular weight is 370 g/mol. The molecule has 0 atom stereocenters. The number of carbonyl (C=O) groups excluding carboxylic acids is 1. The predicted octanol–water partition coefficient (Wildman–Crippen LogP) is 4.51. The van der Waals surface area contributed by atoms with E-state index >= 15 is 0 Å². The van der Waals surface area contributed by atoms with Crippen LogP contribution in [0.1, 0.15) is 67.8 Å². The number of imidazole rings is 1. The SMILES string of the molecule is Cc1nccn1CCCOC(=O)Cc1cccc(C2CCCCCC2)c1O. The van der Waals surface area contributed by atoms with Gasteiger partial charge >= 0.3 is 5.97 Å². The number of aryl methyl sites for hydroxylation is 2. The molecule has 1 aromatic carbocycles. The van der Waals surface area contributed by atoms with Crippen molar-refractivity contribution >= 4 is 5.97 Å². The minimum Gasteiger partial charge on any atom is -0.507 e. The van der Waals surface area contributed by atoms with Crippen LogP contribution < -0.4 is 0 Å². The largest absolute Gasteiger partial charge is 0.507 e. The van der Waals surface area contributed by atoms with Gasteiger partial charge in [0.2, 0.25) is 0 Å². The second kappa shape index (κ2) is 9.58. The molecule has 3 rings (SSSR count). The van der Waals surface area contributed by atoms with Crippen LogP contribution in [0.3, 0.4) is 0 Å². The van der Waals surface area contributed by atoms with Crippen molar-refractivity contribution in [3.05, 3.63) is 47.5 Å². The van der Waals surface area contributed by atoms with E-state index in [1.807, 2.05) is 35.9 Å². The Labute approximate surface area is 161 Å². The van der Waals surface area contributed by atoms with Crippen LogP contribution in [0, 0.1) is 6.92 Å². The summed E-state index contributed by atoms with van der Waals surface area (Å²) in [5.74, 6) is 1.37. The Hall–Kier alpha value is -2.30. The van der Waals surface area contributed by atoms with Gasteiger partial charge in [0.05, 0.1) is 13.0 Å². The van der Waals surface area contributed by atoms with E-state index < -0.39 is 0 Å². The summed E-state index contributed by atoms with van der Waals surface area (Å²) >= 11 is 0. The average Bonchev–Trinajstić information content (AvgIpc) is 2.90. The van der Waals surface area contributed by atoms with Crippen molar-refractivity contribution < 1.29 is 14.6 Å². The van der Waals surface area contributed by atoms with Crippen molar-refractivity contribution in [3.8, 4) is 5.75 Å². The zero-order chi connectivity index (χ0) is 19.1. The van der Waals surface area contributed by atoms with Crippen molar-refractivity contribution in [2.24, 2.45) is 0 Å². The molecule has 1 heterocycles. The van der Waals surface area contributed by atoms with Crippen molar-refractivity contribution in [1.29, 1.82) is 0 Å². The number of para-hydroxylation sites is 1. The molecule has 2 aromatic rings. The van der Waals surface area contributed by atoms with Crippen LogP contribution in [0.25, 0.3) is 0 Å². The molecule has 1 fully saturated rings. The van der Waals surface area contributed by atoms with E-state index in [2.05, 4.69) is 4.98 Å². The third-order valence-corrected chi connectivity index (χ3v) is 5.51. The quantitative estimate of drug-likeness (QED) is 0.442. The summed E-state index contributed by atoms with van der Waals surface area (Å²) in [5.41, 5.74) is 1.67. The zero-order valence-electron chi connectivity index (χ0n) is 16.2. The molecule has 0 amide bonds. The molecule has 5 heteroatoms. The number of hydrogen-bond donors (Lipinski definition) is 1. The molecule has 0 saturated heterocycles. The summed E-state index contributed by atoms with van der Waals surface area (Å²) in [5, 5.41) is 10.7. The van der Waals surface area contributed by atoms with Gasteiger partial charge < -0.3 is 14.4 Å². The fourth-order valence-corrected chi connectivity index (χ4v) is 3.94. The van der Waals surface area contributed by atoms with Gasteiger partial charge in [-0.15, -0.1) is 0 Å². The van der Waals surface area contributed by atoms with Gasteiger partial charge in [-0.1, -0.05) is 43.9 Å². The normalized spacial score (nSPS) is 15.4. The van der Waals surface area contributed by atoms with Crippen LogP contribution in [0.5, 0.6) is 5.75 Å². The molecule has 0 spiro atoms. The van der Waals surface area contributed by atoms with Gasteiger partial charge in [-0.25, -0.2) is 4.98 Å². The van der Waals surface area contributed by atoms with Crippen LogP contribution in [0.2, 0.25) is 0 Å². The van der Waals surface area contributed by atoms with Gasteiger partial charge in [0.15, 0.2) is 0 Å². The second-order valence-electron chi connectivity index (χ2n) is 7.46. The first kappa shape index (κ1) is 19.5. The highest BCUT2D eigenvalue weighted by molar-refractivity contribution is 5.73. The monoisotopic (exact) mass is 370 g/mol. The van der Waals surface area contributed by atoms with Gasteiger partial charge in [0, 0.05) is 24.5 Å². The third kappa shape index (κ3) is 5.34. The maximum absolute atomic E-state index is 12.2. The lowest BCUT2D eigenvalue weighted by Gasteiger charge is -2.18. The Kier molecular flexibility index (Phi) is 6.91. The number of phenols is 1. The molecule has 1 aliphatic rings. The number of phenolic OH excluding ortho intramolecular Hbond substituents is 1. The summed E-state index contributed by atoms with van der Waals surface area (Å²) in [6.07, 6.45) is 11.8. The minimum absolute atomic E-state index is 0.122. The maximum atomic E-state index is 12.2. The maximum Gasteiger partial charge on any atom is 0.310 e. The van der Waals surface area contributed by atoms with Crippen LogP contribution in [0.15, 0.2) is 30.6 Å². The Morgan fingerprint density at radius 2 is 2.04 bits per heavy atom. The molecule has 0 aliphatic heterocycles. The molecule has 1 aliphatic carbocycles. The molecule has 0 bridgehead atoms. The second-order valence-corrected chi connectivity index (χ2v) is 7.46. The zero-order valence-corrected chi connectivity index (χ0v) is 16.2. The topological polar surface area (TPSA) is 64.4 Å². The van der Waals surface area contributed by atoms with Crippen LogP contribution >= 0.6 is 0 Å². The van der Waals surface area contributed by atoms with E-state index in [1.54, 1.807) is 6.20 Å². The molecule has 27 heavy (non-hydrogen) atoms. The van der Waals surface area contributed by atoms with Gasteiger partial charge in [-0.3, -0.25) is 4.79 Å². The summed E-state index contributed by atoms with van der Waals surface area (Å²) in [4.78, 5) is 16.4. The third-order valence-electron chi connectivity index (χ3n) is 5.51. The first-order valence-corrected chi connectivity index (χ1v) is 10.1. The molecule has 5 nitrogen and oxygen atoms in total. The summed E-state index contributed by atoms with van der Waals surface area (Å²) < 4.78 is 7.40. The van der Waals surface area contributed by atoms with Crippen molar-refractivity contribution in [2.75, 3.05) is 6.61 Å². The lowest BCUT2D eigenvalue weighted by molar-refractivity contribution is -0.143. The molecular formula is C22H30N2O3. The first-order chi connectivity index (χ1) is 13.1. The lowest BCUT2D eigenvalue weighted by atomic mass is 9.89. The van der Waals surface area contributed by atoms with Crippen molar-refractivity contribution in [2.45, 2.75) is 70.8 Å². The molecule has 146 valence electrons. The van der Waals surface area contributed by atoms with E-state index in [0.29, 0.717) is 18.1 Å². The predicted molar refractivity (Wildman–Crippen MR) is 105 cm³/mol. The summed E-state index contributed by atoms with van der Waals surface area (Å²) in [6.45, 7) is 3.11. The number of esters is 1. The molecule has 1 N–H and O–H groups in total. The highest BCUT2D eigenvalue weighted by Crippen LogP contribution is 2.37. The fraction of sp³-hybridized carbons (Fsp3) is 0.545. The Bertz CT molecular complexity index is 746. The van der Waals surface area contributed by atoms with E-state index in [0.717, 1.165) is 37.2 Å². The molecule has 1 saturated carbocycles. The van der Waals surface area contributed by atoms with Crippen LogP contribution in [-0.2, 0) is 22.5 Å². The molecule has 1 aromatic heterocycles. The van der Waals surface area contributed by atoms with Gasteiger partial charge in [-0.05, 0) is 37.7 Å². The summed E-state index contributed by atoms with van der Waals surface area (Å²) in [6, 6.07) is 5.78. The number of aromatic nitrogens is 2. The number of benzene rings is 1. The van der Waals surface area contributed by atoms with Crippen molar-refractivity contribution in [3.63, 3.8) is 0 Å². The Morgan fingerprint density at radius 1 is 1.26 bits per heavy atom. The van der Waals surface area contributed by atoms with E-state index in [-0.39, 0.29) is 18.1 Å². The highest BCUT2D eigenvalue weighted by Gasteiger charge is 2.20. The number of nitrogens with zero attached hydrogens (tertiary/aromatic N) is 2. The van der Waals surface area contributed by atoms with Gasteiger partial charge in [0.25, 0.3) is 0 Å².